The third-order valence-corrected chi connectivity index (χ3v) is 3.83. The van der Waals surface area contributed by atoms with E-state index in [-0.39, 0.29) is 18.4 Å². The number of aliphatic hydroxyl groups excluding tert-OH is 1. The molecule has 1 fully saturated rings. The van der Waals surface area contributed by atoms with Crippen LogP contribution in [0.5, 0.6) is 0 Å². The Morgan fingerprint density at radius 2 is 2.05 bits per heavy atom. The Bertz CT molecular complexity index is 628. The van der Waals surface area contributed by atoms with Gasteiger partial charge in [-0.3, -0.25) is 9.78 Å². The van der Waals surface area contributed by atoms with E-state index in [1.807, 2.05) is 41.3 Å². The molecular weight excluding hydrogens is 264 g/mol. The molecule has 1 aromatic heterocycles. The highest BCUT2D eigenvalue weighted by molar-refractivity contribution is 5.95. The Morgan fingerprint density at radius 3 is 2.81 bits per heavy atom. The molecule has 0 bridgehead atoms. The van der Waals surface area contributed by atoms with E-state index in [0.717, 1.165) is 29.9 Å². The molecule has 1 aliphatic rings. The smallest absolute Gasteiger partial charge is 0.227 e. The molecule has 21 heavy (non-hydrogen) atoms. The number of pyridine rings is 1. The lowest BCUT2D eigenvalue weighted by Gasteiger charge is -2.16. The van der Waals surface area contributed by atoms with Crippen LogP contribution in [0.15, 0.2) is 48.7 Å². The zero-order valence-corrected chi connectivity index (χ0v) is 11.8. The maximum Gasteiger partial charge on any atom is 0.227 e. The molecule has 1 aromatic carbocycles. The lowest BCUT2D eigenvalue weighted by Crippen LogP contribution is -2.24. The summed E-state index contributed by atoms with van der Waals surface area (Å²) in [7, 11) is 0. The summed E-state index contributed by atoms with van der Waals surface area (Å²) in [6.07, 6.45) is 3.04. The largest absolute Gasteiger partial charge is 0.392 e. The molecule has 3 rings (SSSR count). The topological polar surface area (TPSA) is 53.4 Å². The number of hydrogen-bond acceptors (Lipinski definition) is 3. The molecule has 0 radical (unpaired) electrons. The van der Waals surface area contributed by atoms with Gasteiger partial charge in [-0.1, -0.05) is 18.2 Å². The second-order valence-electron chi connectivity index (χ2n) is 5.43. The van der Waals surface area contributed by atoms with Crippen LogP contribution in [0, 0.1) is 5.92 Å². The molecular formula is C17H18N2O2. The van der Waals surface area contributed by atoms with Crippen molar-refractivity contribution in [3.8, 4) is 0 Å². The van der Waals surface area contributed by atoms with E-state index in [1.165, 1.54) is 0 Å². The Hall–Kier alpha value is -2.20. The summed E-state index contributed by atoms with van der Waals surface area (Å²) in [5.74, 6) is 0.448. The summed E-state index contributed by atoms with van der Waals surface area (Å²) in [6.45, 7) is 0.753. The summed E-state index contributed by atoms with van der Waals surface area (Å²) in [4.78, 5) is 18.3. The fourth-order valence-corrected chi connectivity index (χ4v) is 2.81. The van der Waals surface area contributed by atoms with Crippen LogP contribution in [0.2, 0.25) is 0 Å². The number of hydrogen-bond donors (Lipinski definition) is 1. The van der Waals surface area contributed by atoms with Crippen molar-refractivity contribution in [3.05, 3.63) is 59.9 Å². The van der Waals surface area contributed by atoms with Crippen LogP contribution in [0.3, 0.4) is 0 Å². The fraction of sp³-hybridized carbons (Fsp3) is 0.294. The second-order valence-corrected chi connectivity index (χ2v) is 5.43. The van der Waals surface area contributed by atoms with Crippen molar-refractivity contribution in [2.75, 3.05) is 11.4 Å². The van der Waals surface area contributed by atoms with Crippen molar-refractivity contribution >= 4 is 11.6 Å². The molecule has 4 nitrogen and oxygen atoms in total. The predicted octanol–water partition coefficient (Wildman–Crippen LogP) is 2.17. The van der Waals surface area contributed by atoms with Crippen LogP contribution in [-0.4, -0.2) is 22.5 Å². The summed E-state index contributed by atoms with van der Waals surface area (Å²) >= 11 is 0. The molecule has 2 aromatic rings. The quantitative estimate of drug-likeness (QED) is 0.935. The third-order valence-electron chi connectivity index (χ3n) is 3.83. The maximum absolute atomic E-state index is 12.2. The molecule has 1 N–H and O–H groups in total. The molecule has 0 spiro atoms. The minimum Gasteiger partial charge on any atom is -0.392 e. The van der Waals surface area contributed by atoms with Crippen LogP contribution in [-0.2, 0) is 17.8 Å². The van der Waals surface area contributed by atoms with E-state index in [2.05, 4.69) is 4.98 Å². The number of benzene rings is 1. The highest BCUT2D eigenvalue weighted by atomic mass is 16.3. The first kappa shape index (κ1) is 13.8. The highest BCUT2D eigenvalue weighted by Gasteiger charge is 2.30. The van der Waals surface area contributed by atoms with Crippen molar-refractivity contribution < 1.29 is 9.90 Å². The van der Waals surface area contributed by atoms with E-state index in [0.29, 0.717) is 6.42 Å². The number of amides is 1. The van der Waals surface area contributed by atoms with Gasteiger partial charge in [-0.2, -0.15) is 0 Å². The van der Waals surface area contributed by atoms with Crippen molar-refractivity contribution in [2.45, 2.75) is 19.4 Å². The predicted molar refractivity (Wildman–Crippen MR) is 80.8 cm³/mol. The number of aliphatic hydroxyl groups is 1. The number of para-hydroxylation sites is 1. The van der Waals surface area contributed by atoms with Gasteiger partial charge in [-0.25, -0.2) is 0 Å². The zero-order chi connectivity index (χ0) is 14.7. The lowest BCUT2D eigenvalue weighted by atomic mass is 10.0. The first-order valence-corrected chi connectivity index (χ1v) is 7.16. The van der Waals surface area contributed by atoms with Crippen LogP contribution < -0.4 is 4.90 Å². The molecule has 108 valence electrons. The Labute approximate surface area is 124 Å². The molecule has 1 atom stereocenters. The molecule has 1 saturated heterocycles. The summed E-state index contributed by atoms with van der Waals surface area (Å²) in [6, 6.07) is 13.5. The van der Waals surface area contributed by atoms with Crippen LogP contribution in [0.1, 0.15) is 17.7 Å². The Kier molecular flexibility index (Phi) is 3.97. The van der Waals surface area contributed by atoms with Gasteiger partial charge < -0.3 is 10.0 Å². The average molecular weight is 282 g/mol. The van der Waals surface area contributed by atoms with Gasteiger partial charge in [0.1, 0.15) is 0 Å². The van der Waals surface area contributed by atoms with E-state index in [9.17, 15) is 4.79 Å². The monoisotopic (exact) mass is 282 g/mol. The number of carbonyl (C=O) groups excluding carboxylic acids is 1. The molecule has 1 unspecified atom stereocenters. The Balaban J connectivity index is 1.70. The highest BCUT2D eigenvalue weighted by Crippen LogP contribution is 2.26. The maximum atomic E-state index is 12.2. The molecule has 0 saturated carbocycles. The zero-order valence-electron chi connectivity index (χ0n) is 11.8. The van der Waals surface area contributed by atoms with Gasteiger partial charge in [0.15, 0.2) is 0 Å². The van der Waals surface area contributed by atoms with Gasteiger partial charge in [0.05, 0.1) is 6.61 Å². The SMILES string of the molecule is O=C1CC(Cc2cc(CO)ccn2)CN1c1ccccc1. The lowest BCUT2D eigenvalue weighted by molar-refractivity contribution is -0.117. The van der Waals surface area contributed by atoms with Crippen molar-refractivity contribution in [1.29, 1.82) is 0 Å². The molecule has 1 amide bonds. The molecule has 0 aliphatic carbocycles. The van der Waals surface area contributed by atoms with Gasteiger partial charge in [0, 0.05) is 30.5 Å². The fourth-order valence-electron chi connectivity index (χ4n) is 2.81. The number of aromatic nitrogens is 1. The van der Waals surface area contributed by atoms with Crippen molar-refractivity contribution in [3.63, 3.8) is 0 Å². The van der Waals surface area contributed by atoms with E-state index < -0.39 is 0 Å². The molecule has 1 aliphatic heterocycles. The van der Waals surface area contributed by atoms with Crippen LogP contribution >= 0.6 is 0 Å². The summed E-state index contributed by atoms with van der Waals surface area (Å²) in [5, 5.41) is 9.17. The van der Waals surface area contributed by atoms with Gasteiger partial charge in [0.2, 0.25) is 5.91 Å². The number of rotatable bonds is 4. The van der Waals surface area contributed by atoms with Crippen molar-refractivity contribution in [2.24, 2.45) is 5.92 Å². The van der Waals surface area contributed by atoms with E-state index >= 15 is 0 Å². The summed E-state index contributed by atoms with van der Waals surface area (Å²) in [5.41, 5.74) is 2.76. The average Bonchev–Trinajstić information content (AvgIpc) is 2.89. The minimum atomic E-state index is 0.0231. The first-order valence-electron chi connectivity index (χ1n) is 7.16. The van der Waals surface area contributed by atoms with E-state index in [1.54, 1.807) is 12.3 Å². The van der Waals surface area contributed by atoms with Crippen molar-refractivity contribution in [1.82, 2.24) is 4.98 Å². The van der Waals surface area contributed by atoms with E-state index in [4.69, 9.17) is 5.11 Å². The molecule has 2 heterocycles. The van der Waals surface area contributed by atoms with Gasteiger partial charge in [-0.05, 0) is 42.2 Å². The van der Waals surface area contributed by atoms with Gasteiger partial charge in [0.25, 0.3) is 0 Å². The Morgan fingerprint density at radius 1 is 1.24 bits per heavy atom. The first-order chi connectivity index (χ1) is 10.3. The summed E-state index contributed by atoms with van der Waals surface area (Å²) < 4.78 is 0. The van der Waals surface area contributed by atoms with Crippen LogP contribution in [0.25, 0.3) is 0 Å². The normalized spacial score (nSPS) is 18.2. The number of anilines is 1. The number of carbonyl (C=O) groups is 1. The second kappa shape index (κ2) is 6.06. The van der Waals surface area contributed by atoms with Gasteiger partial charge in [-0.15, -0.1) is 0 Å². The molecule has 4 heteroatoms. The number of nitrogens with zero attached hydrogens (tertiary/aromatic N) is 2. The van der Waals surface area contributed by atoms with Gasteiger partial charge >= 0.3 is 0 Å². The standard InChI is InChI=1S/C17H18N2O2/c20-12-13-6-7-18-15(8-13)9-14-10-17(21)19(11-14)16-4-2-1-3-5-16/h1-8,14,20H,9-12H2. The minimum absolute atomic E-state index is 0.0231. The third kappa shape index (κ3) is 3.11. The van der Waals surface area contributed by atoms with Crippen LogP contribution in [0.4, 0.5) is 5.69 Å².